The average Bonchev–Trinajstić information content (AvgIpc) is 2.73. The zero-order valence-corrected chi connectivity index (χ0v) is 19.0. The maximum Gasteiger partial charge on any atom is 0.187 e. The quantitative estimate of drug-likeness (QED) is 0.282. The molecule has 0 aliphatic carbocycles. The number of aromatic nitrogens is 2. The number of anilines is 1. The number of piperazine rings is 1. The van der Waals surface area contributed by atoms with Crippen molar-refractivity contribution < 1.29 is 0 Å². The van der Waals surface area contributed by atoms with E-state index in [9.17, 15) is 0 Å². The molecule has 1 fully saturated rings. The molecule has 1 saturated heterocycles. The van der Waals surface area contributed by atoms with Crippen molar-refractivity contribution in [3.8, 4) is 0 Å². The van der Waals surface area contributed by atoms with Crippen molar-refractivity contribution in [1.29, 1.82) is 0 Å². The number of benzene rings is 1. The molecule has 0 spiro atoms. The number of hydrogen-bond acceptors (Lipinski definition) is 5. The molecule has 3 rings (SSSR count). The number of rotatable bonds is 11. The van der Waals surface area contributed by atoms with E-state index in [1.807, 2.05) is 19.9 Å². The average molecular weight is 413 g/mol. The van der Waals surface area contributed by atoms with Crippen LogP contribution in [0.15, 0.2) is 41.6 Å². The van der Waals surface area contributed by atoms with Crippen LogP contribution < -0.4 is 4.90 Å². The van der Waals surface area contributed by atoms with Crippen LogP contribution in [-0.4, -0.2) is 53.3 Å². The predicted molar refractivity (Wildman–Crippen MR) is 125 cm³/mol. The Morgan fingerprint density at radius 3 is 2.10 bits per heavy atom. The predicted octanol–water partition coefficient (Wildman–Crippen LogP) is 5.35. The van der Waals surface area contributed by atoms with Crippen LogP contribution in [0.2, 0.25) is 0 Å². The van der Waals surface area contributed by atoms with E-state index in [1.54, 1.807) is 11.8 Å². The topological polar surface area (TPSA) is 32.3 Å². The number of hydrogen-bond donors (Lipinski definition) is 0. The summed E-state index contributed by atoms with van der Waals surface area (Å²) < 4.78 is 0. The van der Waals surface area contributed by atoms with E-state index in [2.05, 4.69) is 50.1 Å². The molecule has 29 heavy (non-hydrogen) atoms. The van der Waals surface area contributed by atoms with E-state index in [0.717, 1.165) is 35.4 Å². The molecule has 1 aromatic heterocycles. The minimum atomic E-state index is 0.940. The molecular formula is C24H36N4S. The Morgan fingerprint density at radius 2 is 1.41 bits per heavy atom. The Hall–Kier alpha value is -1.59. The molecule has 1 aromatic carbocycles. The first kappa shape index (κ1) is 22.1. The van der Waals surface area contributed by atoms with Crippen LogP contribution in [0.4, 0.5) is 5.69 Å². The van der Waals surface area contributed by atoms with Gasteiger partial charge in [0.1, 0.15) is 0 Å². The van der Waals surface area contributed by atoms with Crippen LogP contribution in [0.25, 0.3) is 0 Å². The fourth-order valence-electron chi connectivity index (χ4n) is 3.93. The van der Waals surface area contributed by atoms with Gasteiger partial charge in [-0.3, -0.25) is 4.90 Å². The first-order chi connectivity index (χ1) is 14.2. The van der Waals surface area contributed by atoms with Gasteiger partial charge in [0.05, 0.1) is 0 Å². The number of aryl methyl sites for hydroxylation is 2. The van der Waals surface area contributed by atoms with Crippen molar-refractivity contribution in [2.45, 2.75) is 57.5 Å². The van der Waals surface area contributed by atoms with Gasteiger partial charge in [-0.2, -0.15) is 0 Å². The van der Waals surface area contributed by atoms with Gasteiger partial charge < -0.3 is 4.90 Å². The molecule has 2 aromatic rings. The lowest BCUT2D eigenvalue weighted by molar-refractivity contribution is 0.252. The first-order valence-corrected chi connectivity index (χ1v) is 12.2. The van der Waals surface area contributed by atoms with Crippen molar-refractivity contribution in [2.24, 2.45) is 0 Å². The van der Waals surface area contributed by atoms with E-state index < -0.39 is 0 Å². The maximum absolute atomic E-state index is 4.50. The third-order valence-corrected chi connectivity index (χ3v) is 6.49. The highest BCUT2D eigenvalue weighted by Gasteiger charge is 2.16. The van der Waals surface area contributed by atoms with Gasteiger partial charge in [-0.15, -0.1) is 0 Å². The highest BCUT2D eigenvalue weighted by molar-refractivity contribution is 7.99. The van der Waals surface area contributed by atoms with Crippen LogP contribution >= 0.6 is 11.8 Å². The lowest BCUT2D eigenvalue weighted by atomic mass is 10.1. The lowest BCUT2D eigenvalue weighted by Gasteiger charge is -2.36. The summed E-state index contributed by atoms with van der Waals surface area (Å²) in [6.45, 7) is 10.1. The van der Waals surface area contributed by atoms with Crippen molar-refractivity contribution in [1.82, 2.24) is 14.9 Å². The van der Waals surface area contributed by atoms with E-state index in [4.69, 9.17) is 0 Å². The largest absolute Gasteiger partial charge is 0.369 e. The molecule has 5 heteroatoms. The fraction of sp³-hybridized carbons (Fsp3) is 0.583. The molecule has 0 unspecified atom stereocenters. The monoisotopic (exact) mass is 412 g/mol. The number of nitrogens with zero attached hydrogens (tertiary/aromatic N) is 4. The van der Waals surface area contributed by atoms with Crippen molar-refractivity contribution in [3.63, 3.8) is 0 Å². The molecule has 1 aliphatic heterocycles. The molecule has 0 amide bonds. The summed E-state index contributed by atoms with van der Waals surface area (Å²) in [5.41, 5.74) is 3.51. The zero-order valence-electron chi connectivity index (χ0n) is 18.1. The van der Waals surface area contributed by atoms with Gasteiger partial charge in [-0.25, -0.2) is 9.97 Å². The first-order valence-electron chi connectivity index (χ1n) is 11.2. The normalized spacial score (nSPS) is 15.0. The summed E-state index contributed by atoms with van der Waals surface area (Å²) in [6, 6.07) is 12.9. The van der Waals surface area contributed by atoms with Crippen LogP contribution in [0.5, 0.6) is 0 Å². The molecule has 1 aliphatic rings. The molecule has 0 radical (unpaired) electrons. The highest BCUT2D eigenvalue weighted by Crippen LogP contribution is 2.18. The number of para-hydroxylation sites is 1. The highest BCUT2D eigenvalue weighted by atomic mass is 32.2. The third kappa shape index (κ3) is 7.98. The standard InChI is InChI=1S/C24H36N4S/c1-21-20-22(2)26-24(25-21)29-19-11-6-4-3-5-10-14-27-15-17-28(18-16-27)23-12-8-7-9-13-23/h7-9,12-13,20H,3-6,10-11,14-19H2,1-2H3. The van der Waals surface area contributed by atoms with Gasteiger partial charge in [-0.1, -0.05) is 55.6 Å². The Balaban J connectivity index is 1.16. The molecule has 0 bridgehead atoms. The summed E-state index contributed by atoms with van der Waals surface area (Å²) in [5.74, 6) is 1.13. The van der Waals surface area contributed by atoms with Gasteiger partial charge in [0.2, 0.25) is 0 Å². The van der Waals surface area contributed by atoms with Gasteiger partial charge in [-0.05, 0) is 51.4 Å². The van der Waals surface area contributed by atoms with Crippen molar-refractivity contribution in [2.75, 3.05) is 43.4 Å². The molecule has 2 heterocycles. The Morgan fingerprint density at radius 1 is 0.793 bits per heavy atom. The van der Waals surface area contributed by atoms with E-state index in [1.165, 1.54) is 63.8 Å². The van der Waals surface area contributed by atoms with Crippen LogP contribution in [0.1, 0.15) is 49.9 Å². The molecule has 158 valence electrons. The van der Waals surface area contributed by atoms with Crippen LogP contribution in [0.3, 0.4) is 0 Å². The second-order valence-electron chi connectivity index (χ2n) is 8.07. The third-order valence-electron chi connectivity index (χ3n) is 5.56. The summed E-state index contributed by atoms with van der Waals surface area (Å²) in [6.07, 6.45) is 8.03. The van der Waals surface area contributed by atoms with Gasteiger partial charge in [0, 0.05) is 49.0 Å². The summed E-state index contributed by atoms with van der Waals surface area (Å²) >= 11 is 1.80. The molecule has 4 nitrogen and oxygen atoms in total. The second-order valence-corrected chi connectivity index (χ2v) is 9.13. The Kier molecular flexibility index (Phi) is 9.29. The minimum absolute atomic E-state index is 0.940. The molecule has 0 atom stereocenters. The minimum Gasteiger partial charge on any atom is -0.369 e. The smallest absolute Gasteiger partial charge is 0.187 e. The number of thioether (sulfide) groups is 1. The van der Waals surface area contributed by atoms with E-state index in [-0.39, 0.29) is 0 Å². The summed E-state index contributed by atoms with van der Waals surface area (Å²) in [4.78, 5) is 14.2. The molecule has 0 saturated carbocycles. The maximum atomic E-state index is 4.50. The Labute approximate surface area is 181 Å². The summed E-state index contributed by atoms with van der Waals surface area (Å²) in [5, 5.41) is 0.940. The SMILES string of the molecule is Cc1cc(C)nc(SCCCCCCCCN2CCN(c3ccccc3)CC2)n1. The fourth-order valence-corrected chi connectivity index (χ4v) is 4.88. The van der Waals surface area contributed by atoms with Gasteiger partial charge >= 0.3 is 0 Å². The Bertz CT molecular complexity index is 694. The van der Waals surface area contributed by atoms with Crippen molar-refractivity contribution >= 4 is 17.4 Å². The van der Waals surface area contributed by atoms with Crippen LogP contribution in [-0.2, 0) is 0 Å². The lowest BCUT2D eigenvalue weighted by Crippen LogP contribution is -2.46. The van der Waals surface area contributed by atoms with Crippen LogP contribution in [0, 0.1) is 13.8 Å². The summed E-state index contributed by atoms with van der Waals surface area (Å²) in [7, 11) is 0. The molecular weight excluding hydrogens is 376 g/mol. The second kappa shape index (κ2) is 12.2. The van der Waals surface area contributed by atoms with Gasteiger partial charge in [0.15, 0.2) is 5.16 Å². The van der Waals surface area contributed by atoms with Crippen molar-refractivity contribution in [3.05, 3.63) is 47.8 Å². The van der Waals surface area contributed by atoms with Gasteiger partial charge in [0.25, 0.3) is 0 Å². The number of unbranched alkanes of at least 4 members (excludes halogenated alkanes) is 5. The van der Waals surface area contributed by atoms with E-state index >= 15 is 0 Å². The zero-order chi connectivity index (χ0) is 20.3. The van der Waals surface area contributed by atoms with E-state index in [0.29, 0.717) is 0 Å². The molecule has 0 N–H and O–H groups in total.